The van der Waals surface area contributed by atoms with Gasteiger partial charge in [0.25, 0.3) is 0 Å². The van der Waals surface area contributed by atoms with Gasteiger partial charge in [0.2, 0.25) is 0 Å². The number of carbonyl (C=O) groups is 1. The summed E-state index contributed by atoms with van der Waals surface area (Å²) in [4.78, 5) is 13.7. The third kappa shape index (κ3) is 1.12. The molecular formula is C9H15NO2. The third-order valence-corrected chi connectivity index (χ3v) is 3.11. The first-order chi connectivity index (χ1) is 5.83. The van der Waals surface area contributed by atoms with Gasteiger partial charge in [0, 0.05) is 6.04 Å². The van der Waals surface area contributed by atoms with E-state index in [9.17, 15) is 4.79 Å². The van der Waals surface area contributed by atoms with Gasteiger partial charge in [-0.05, 0) is 32.4 Å². The summed E-state index contributed by atoms with van der Waals surface area (Å²) in [5.41, 5.74) is 0. The zero-order chi connectivity index (χ0) is 8.55. The molecule has 0 amide bonds. The second kappa shape index (κ2) is 3.05. The molecule has 2 rings (SSSR count). The lowest BCUT2D eigenvalue weighted by molar-refractivity contribution is -0.146. The van der Waals surface area contributed by atoms with Crippen LogP contribution in [0.4, 0.5) is 0 Å². The van der Waals surface area contributed by atoms with E-state index in [0.717, 1.165) is 13.0 Å². The van der Waals surface area contributed by atoms with Gasteiger partial charge in [-0.15, -0.1) is 0 Å². The van der Waals surface area contributed by atoms with E-state index in [1.807, 2.05) is 0 Å². The highest BCUT2D eigenvalue weighted by Crippen LogP contribution is 2.33. The summed E-state index contributed by atoms with van der Waals surface area (Å²) in [6.45, 7) is 2.27. The van der Waals surface area contributed by atoms with Gasteiger partial charge in [-0.2, -0.15) is 0 Å². The van der Waals surface area contributed by atoms with Crippen LogP contribution in [0.15, 0.2) is 0 Å². The second-order valence-electron chi connectivity index (χ2n) is 3.66. The third-order valence-electron chi connectivity index (χ3n) is 3.11. The average molecular weight is 169 g/mol. The van der Waals surface area contributed by atoms with Crippen molar-refractivity contribution in [3.8, 4) is 0 Å². The molecule has 0 spiro atoms. The quantitative estimate of drug-likeness (QED) is 0.540. The molecule has 0 aromatic rings. The van der Waals surface area contributed by atoms with Crippen molar-refractivity contribution in [2.75, 3.05) is 20.2 Å². The molecule has 0 N–H and O–H groups in total. The number of ether oxygens (including phenoxy) is 1. The average Bonchev–Trinajstić information content (AvgIpc) is 2.62. The van der Waals surface area contributed by atoms with Crippen molar-refractivity contribution >= 4 is 5.97 Å². The van der Waals surface area contributed by atoms with E-state index >= 15 is 0 Å². The zero-order valence-corrected chi connectivity index (χ0v) is 7.45. The first-order valence-corrected chi connectivity index (χ1v) is 4.65. The molecule has 0 aliphatic carbocycles. The molecule has 0 radical (unpaired) electrons. The number of fused-ring (bicyclic) bond motifs is 1. The summed E-state index contributed by atoms with van der Waals surface area (Å²) in [6, 6.07) is 0.498. The van der Waals surface area contributed by atoms with E-state index in [4.69, 9.17) is 4.74 Å². The molecule has 0 saturated carbocycles. The molecule has 3 nitrogen and oxygen atoms in total. The van der Waals surface area contributed by atoms with Gasteiger partial charge in [-0.1, -0.05) is 0 Å². The largest absolute Gasteiger partial charge is 0.469 e. The second-order valence-corrected chi connectivity index (χ2v) is 3.66. The van der Waals surface area contributed by atoms with E-state index in [0.29, 0.717) is 6.04 Å². The van der Waals surface area contributed by atoms with Gasteiger partial charge in [0.15, 0.2) is 0 Å². The number of nitrogens with zero attached hydrogens (tertiary/aromatic N) is 1. The van der Waals surface area contributed by atoms with E-state index in [1.54, 1.807) is 0 Å². The predicted octanol–water partition coefficient (Wildman–Crippen LogP) is 0.644. The zero-order valence-electron chi connectivity index (χ0n) is 7.45. The summed E-state index contributed by atoms with van der Waals surface area (Å²) in [6.07, 6.45) is 3.43. The van der Waals surface area contributed by atoms with Crippen LogP contribution in [0.1, 0.15) is 19.3 Å². The lowest BCUT2D eigenvalue weighted by atomic mass is 9.99. The molecule has 2 aliphatic rings. The van der Waals surface area contributed by atoms with Gasteiger partial charge in [-0.25, -0.2) is 0 Å². The summed E-state index contributed by atoms with van der Waals surface area (Å²) < 4.78 is 4.78. The fourth-order valence-electron chi connectivity index (χ4n) is 2.51. The minimum atomic E-state index is -0.00981. The minimum Gasteiger partial charge on any atom is -0.469 e. The molecule has 68 valence electrons. The molecule has 0 bridgehead atoms. The van der Waals surface area contributed by atoms with Gasteiger partial charge in [0.1, 0.15) is 0 Å². The Bertz CT molecular complexity index is 193. The number of hydrogen-bond acceptors (Lipinski definition) is 3. The molecule has 12 heavy (non-hydrogen) atoms. The maximum absolute atomic E-state index is 11.3. The molecule has 2 aliphatic heterocycles. The van der Waals surface area contributed by atoms with Gasteiger partial charge < -0.3 is 4.74 Å². The molecular weight excluding hydrogens is 154 g/mol. The summed E-state index contributed by atoms with van der Waals surface area (Å²) >= 11 is 0. The molecule has 0 unspecified atom stereocenters. The Kier molecular flexibility index (Phi) is 2.05. The smallest absolute Gasteiger partial charge is 0.310 e. The Balaban J connectivity index is 2.04. The molecule has 0 aromatic heterocycles. The Hall–Kier alpha value is -0.570. The van der Waals surface area contributed by atoms with Crippen molar-refractivity contribution in [2.24, 2.45) is 5.92 Å². The van der Waals surface area contributed by atoms with Crippen molar-refractivity contribution in [3.63, 3.8) is 0 Å². The SMILES string of the molecule is COC(=O)[C@H]1CCN2CCC[C@@H]12. The van der Waals surface area contributed by atoms with Crippen molar-refractivity contribution in [3.05, 3.63) is 0 Å². The first kappa shape index (κ1) is 8.05. The molecule has 0 aromatic carbocycles. The van der Waals surface area contributed by atoms with E-state index in [1.165, 1.54) is 26.5 Å². The van der Waals surface area contributed by atoms with Gasteiger partial charge >= 0.3 is 5.97 Å². The molecule has 2 heterocycles. The summed E-state index contributed by atoms with van der Waals surface area (Å²) in [5.74, 6) is 0.155. The minimum absolute atomic E-state index is 0.00981. The van der Waals surface area contributed by atoms with Crippen LogP contribution >= 0.6 is 0 Å². The van der Waals surface area contributed by atoms with Gasteiger partial charge in [0.05, 0.1) is 13.0 Å². The first-order valence-electron chi connectivity index (χ1n) is 4.65. The lowest BCUT2D eigenvalue weighted by Gasteiger charge is -2.17. The highest BCUT2D eigenvalue weighted by molar-refractivity contribution is 5.73. The maximum Gasteiger partial charge on any atom is 0.310 e. The predicted molar refractivity (Wildman–Crippen MR) is 44.7 cm³/mol. The van der Waals surface area contributed by atoms with Crippen LogP contribution in [0.5, 0.6) is 0 Å². The topological polar surface area (TPSA) is 29.5 Å². The fourth-order valence-corrected chi connectivity index (χ4v) is 2.51. The van der Waals surface area contributed by atoms with Crippen LogP contribution in [-0.2, 0) is 9.53 Å². The van der Waals surface area contributed by atoms with Crippen LogP contribution in [0.2, 0.25) is 0 Å². The molecule has 2 fully saturated rings. The van der Waals surface area contributed by atoms with Crippen LogP contribution in [0.25, 0.3) is 0 Å². The molecule has 2 atom stereocenters. The number of rotatable bonds is 1. The number of esters is 1. The lowest BCUT2D eigenvalue weighted by Crippen LogP contribution is -2.30. The Morgan fingerprint density at radius 3 is 3.00 bits per heavy atom. The monoisotopic (exact) mass is 169 g/mol. The Labute approximate surface area is 72.7 Å². The maximum atomic E-state index is 11.3. The standard InChI is InChI=1S/C9H15NO2/c1-12-9(11)7-4-6-10-5-2-3-8(7)10/h7-8H,2-6H2,1H3/t7-,8-/m0/s1. The molecule has 3 heteroatoms. The Morgan fingerprint density at radius 1 is 1.42 bits per heavy atom. The number of methoxy groups -OCH3 is 1. The number of carbonyl (C=O) groups excluding carboxylic acids is 1. The van der Waals surface area contributed by atoms with E-state index < -0.39 is 0 Å². The highest BCUT2D eigenvalue weighted by atomic mass is 16.5. The fraction of sp³-hybridized carbons (Fsp3) is 0.889. The van der Waals surface area contributed by atoms with E-state index in [2.05, 4.69) is 4.90 Å². The van der Waals surface area contributed by atoms with Crippen molar-refractivity contribution in [1.82, 2.24) is 4.90 Å². The van der Waals surface area contributed by atoms with Crippen LogP contribution in [0, 0.1) is 5.92 Å². The van der Waals surface area contributed by atoms with Crippen molar-refractivity contribution < 1.29 is 9.53 Å². The van der Waals surface area contributed by atoms with Gasteiger partial charge in [-0.3, -0.25) is 9.69 Å². The van der Waals surface area contributed by atoms with E-state index in [-0.39, 0.29) is 11.9 Å². The Morgan fingerprint density at radius 2 is 2.25 bits per heavy atom. The van der Waals surface area contributed by atoms with Crippen molar-refractivity contribution in [2.45, 2.75) is 25.3 Å². The molecule has 2 saturated heterocycles. The normalized spacial score (nSPS) is 35.1. The van der Waals surface area contributed by atoms with Crippen LogP contribution in [-0.4, -0.2) is 37.1 Å². The van der Waals surface area contributed by atoms with Crippen LogP contribution in [0.3, 0.4) is 0 Å². The summed E-state index contributed by atoms with van der Waals surface area (Å²) in [7, 11) is 1.49. The number of hydrogen-bond donors (Lipinski definition) is 0. The highest BCUT2D eigenvalue weighted by Gasteiger charge is 2.41. The van der Waals surface area contributed by atoms with Crippen molar-refractivity contribution in [1.29, 1.82) is 0 Å². The van der Waals surface area contributed by atoms with Crippen LogP contribution < -0.4 is 0 Å². The summed E-state index contributed by atoms with van der Waals surface area (Å²) in [5, 5.41) is 0.